The Morgan fingerprint density at radius 3 is 2.73 bits per heavy atom. The normalized spacial score (nSPS) is 31.9. The Morgan fingerprint density at radius 2 is 2.05 bits per heavy atom. The largest absolute Gasteiger partial charge is 0.391 e. The fraction of sp³-hybridized carbons (Fsp3) is 0.750. The number of aliphatic hydroxyl groups excluding tert-OH is 1. The van der Waals surface area contributed by atoms with Gasteiger partial charge in [-0.3, -0.25) is 9.89 Å². The maximum absolute atomic E-state index is 12.7. The highest BCUT2D eigenvalue weighted by molar-refractivity contribution is 5.79. The van der Waals surface area contributed by atoms with Crippen LogP contribution in [0.4, 0.5) is 0 Å². The third kappa shape index (κ3) is 2.44. The van der Waals surface area contributed by atoms with Gasteiger partial charge in [0.25, 0.3) is 0 Å². The highest BCUT2D eigenvalue weighted by atomic mass is 16.3. The van der Waals surface area contributed by atoms with E-state index in [1.807, 2.05) is 4.90 Å². The Labute approximate surface area is 130 Å². The summed E-state index contributed by atoms with van der Waals surface area (Å²) in [5.41, 5.74) is 9.64. The molecule has 2 heterocycles. The van der Waals surface area contributed by atoms with Crippen molar-refractivity contribution in [2.75, 3.05) is 13.1 Å². The highest BCUT2D eigenvalue weighted by Gasteiger charge is 2.38. The monoisotopic (exact) mass is 304 g/mol. The van der Waals surface area contributed by atoms with Crippen LogP contribution in [0.1, 0.15) is 48.6 Å². The van der Waals surface area contributed by atoms with Crippen molar-refractivity contribution >= 4 is 5.91 Å². The van der Waals surface area contributed by atoms with Crippen molar-refractivity contribution in [1.82, 2.24) is 15.1 Å². The van der Waals surface area contributed by atoms with Gasteiger partial charge in [0.2, 0.25) is 5.91 Å². The molecule has 2 aliphatic carbocycles. The van der Waals surface area contributed by atoms with E-state index in [1.165, 1.54) is 29.8 Å². The maximum Gasteiger partial charge on any atom is 0.225 e. The van der Waals surface area contributed by atoms with Crippen LogP contribution in [0.5, 0.6) is 0 Å². The number of amides is 1. The first-order valence-corrected chi connectivity index (χ1v) is 8.42. The minimum Gasteiger partial charge on any atom is -0.391 e. The second-order valence-corrected chi connectivity index (χ2v) is 7.07. The van der Waals surface area contributed by atoms with E-state index in [1.54, 1.807) is 0 Å². The summed E-state index contributed by atoms with van der Waals surface area (Å²) in [5.74, 6) is 0.700. The minimum atomic E-state index is -0.528. The number of H-pyrrole nitrogens is 1. The summed E-state index contributed by atoms with van der Waals surface area (Å²) in [4.78, 5) is 14.6. The number of nitrogens with two attached hydrogens (primary N) is 1. The van der Waals surface area contributed by atoms with Crippen LogP contribution in [0.25, 0.3) is 0 Å². The summed E-state index contributed by atoms with van der Waals surface area (Å²) < 4.78 is 0. The molecule has 0 spiro atoms. The van der Waals surface area contributed by atoms with Crippen molar-refractivity contribution in [2.45, 2.75) is 56.6 Å². The fourth-order valence-electron chi connectivity index (χ4n) is 3.93. The van der Waals surface area contributed by atoms with E-state index in [4.69, 9.17) is 5.73 Å². The van der Waals surface area contributed by atoms with E-state index in [0.717, 1.165) is 25.9 Å². The van der Waals surface area contributed by atoms with Crippen molar-refractivity contribution < 1.29 is 9.90 Å². The lowest BCUT2D eigenvalue weighted by Gasteiger charge is -2.23. The van der Waals surface area contributed by atoms with E-state index < -0.39 is 6.10 Å². The molecule has 2 fully saturated rings. The molecule has 6 heteroatoms. The molecular formula is C16H24N4O2. The van der Waals surface area contributed by atoms with E-state index in [-0.39, 0.29) is 17.9 Å². The Kier molecular flexibility index (Phi) is 3.46. The number of nitrogens with one attached hydrogen (secondary N) is 1. The van der Waals surface area contributed by atoms with Gasteiger partial charge in [-0.05, 0) is 37.7 Å². The van der Waals surface area contributed by atoms with Crippen LogP contribution >= 0.6 is 0 Å². The Morgan fingerprint density at radius 1 is 1.27 bits per heavy atom. The zero-order valence-corrected chi connectivity index (χ0v) is 12.8. The van der Waals surface area contributed by atoms with Gasteiger partial charge in [-0.1, -0.05) is 0 Å². The zero-order chi connectivity index (χ0) is 15.3. The first kappa shape index (κ1) is 14.2. The molecule has 1 aromatic heterocycles. The Bertz CT molecular complexity index is 571. The van der Waals surface area contributed by atoms with Crippen LogP contribution in [0.2, 0.25) is 0 Å². The number of aromatic nitrogens is 2. The van der Waals surface area contributed by atoms with Gasteiger partial charge in [0, 0.05) is 43.1 Å². The number of carbonyl (C=O) groups excluding carboxylic acids is 1. The van der Waals surface area contributed by atoms with Crippen LogP contribution in [0.15, 0.2) is 0 Å². The molecule has 2 saturated carbocycles. The molecule has 0 saturated heterocycles. The molecule has 3 atom stereocenters. The van der Waals surface area contributed by atoms with Crippen molar-refractivity contribution in [3.8, 4) is 0 Å². The van der Waals surface area contributed by atoms with Gasteiger partial charge in [0.1, 0.15) is 0 Å². The summed E-state index contributed by atoms with van der Waals surface area (Å²) >= 11 is 0. The quantitative estimate of drug-likeness (QED) is 0.733. The molecule has 4 rings (SSSR count). The first-order chi connectivity index (χ1) is 10.6. The van der Waals surface area contributed by atoms with Gasteiger partial charge in [-0.2, -0.15) is 5.10 Å². The second kappa shape index (κ2) is 5.35. The first-order valence-electron chi connectivity index (χ1n) is 8.42. The summed E-state index contributed by atoms with van der Waals surface area (Å²) in [7, 11) is 0. The standard InChI is InChI=1S/C16H24N4O2/c17-12-7-10(8-14(12)21)16(22)20-5-3-11-13(4-6-20)18-19-15(11)9-1-2-9/h9-10,12,14,21H,1-8,17H2,(H,18,19)/t10-,12+,14+/m0/s1. The summed E-state index contributed by atoms with van der Waals surface area (Å²) in [5, 5.41) is 17.4. The number of aromatic amines is 1. The fourth-order valence-corrected chi connectivity index (χ4v) is 3.93. The molecular weight excluding hydrogens is 280 g/mol. The average molecular weight is 304 g/mol. The predicted octanol–water partition coefficient (Wildman–Crippen LogP) is 0.312. The van der Waals surface area contributed by atoms with Gasteiger partial charge < -0.3 is 15.7 Å². The second-order valence-electron chi connectivity index (χ2n) is 7.07. The number of rotatable bonds is 2. The van der Waals surface area contributed by atoms with Gasteiger partial charge in [-0.25, -0.2) is 0 Å². The molecule has 0 unspecified atom stereocenters. The molecule has 1 aromatic rings. The number of hydrogen-bond donors (Lipinski definition) is 3. The average Bonchev–Trinajstić information content (AvgIpc) is 3.24. The highest BCUT2D eigenvalue weighted by Crippen LogP contribution is 2.41. The molecule has 1 aliphatic heterocycles. The van der Waals surface area contributed by atoms with Gasteiger partial charge in [0.15, 0.2) is 0 Å². The van der Waals surface area contributed by atoms with Crippen LogP contribution in [0, 0.1) is 5.92 Å². The maximum atomic E-state index is 12.7. The SMILES string of the molecule is N[C@@H]1C[C@H](C(=O)N2CCc3[nH]nc(C4CC4)c3CC2)C[C@H]1O. The van der Waals surface area contributed by atoms with Crippen LogP contribution in [-0.2, 0) is 17.6 Å². The summed E-state index contributed by atoms with van der Waals surface area (Å²) in [6, 6.07) is -0.251. The lowest BCUT2D eigenvalue weighted by Crippen LogP contribution is -2.37. The summed E-state index contributed by atoms with van der Waals surface area (Å²) in [6.45, 7) is 1.49. The lowest BCUT2D eigenvalue weighted by atomic mass is 10.1. The minimum absolute atomic E-state index is 0.109. The number of carbonyl (C=O) groups is 1. The molecule has 0 aromatic carbocycles. The zero-order valence-electron chi connectivity index (χ0n) is 12.8. The summed E-state index contributed by atoms with van der Waals surface area (Å²) in [6.07, 6.45) is 4.83. The third-order valence-electron chi connectivity index (χ3n) is 5.45. The molecule has 4 N–H and O–H groups in total. The number of aliphatic hydroxyl groups is 1. The predicted molar refractivity (Wildman–Crippen MR) is 81.3 cm³/mol. The van der Waals surface area contributed by atoms with Crippen molar-refractivity contribution in [3.05, 3.63) is 17.0 Å². The van der Waals surface area contributed by atoms with Crippen molar-refractivity contribution in [3.63, 3.8) is 0 Å². The Balaban J connectivity index is 1.44. The smallest absolute Gasteiger partial charge is 0.225 e. The Hall–Kier alpha value is -1.40. The number of hydrogen-bond acceptors (Lipinski definition) is 4. The number of nitrogens with zero attached hydrogens (tertiary/aromatic N) is 2. The van der Waals surface area contributed by atoms with E-state index in [9.17, 15) is 9.90 Å². The molecule has 120 valence electrons. The van der Waals surface area contributed by atoms with E-state index in [2.05, 4.69) is 10.2 Å². The molecule has 0 bridgehead atoms. The topological polar surface area (TPSA) is 95.2 Å². The van der Waals surface area contributed by atoms with Gasteiger partial charge >= 0.3 is 0 Å². The van der Waals surface area contributed by atoms with Crippen LogP contribution in [-0.4, -0.2) is 51.3 Å². The van der Waals surface area contributed by atoms with Crippen molar-refractivity contribution in [1.29, 1.82) is 0 Å². The molecule has 0 radical (unpaired) electrons. The molecule has 6 nitrogen and oxygen atoms in total. The molecule has 22 heavy (non-hydrogen) atoms. The van der Waals surface area contributed by atoms with Gasteiger partial charge in [0.05, 0.1) is 11.8 Å². The number of fused-ring (bicyclic) bond motifs is 1. The molecule has 1 amide bonds. The van der Waals surface area contributed by atoms with Crippen LogP contribution in [0.3, 0.4) is 0 Å². The third-order valence-corrected chi connectivity index (χ3v) is 5.45. The van der Waals surface area contributed by atoms with E-state index in [0.29, 0.717) is 18.8 Å². The van der Waals surface area contributed by atoms with Gasteiger partial charge in [-0.15, -0.1) is 0 Å². The van der Waals surface area contributed by atoms with E-state index >= 15 is 0 Å². The lowest BCUT2D eigenvalue weighted by molar-refractivity contribution is -0.135. The van der Waals surface area contributed by atoms with Crippen molar-refractivity contribution in [2.24, 2.45) is 11.7 Å². The van der Waals surface area contributed by atoms with Crippen LogP contribution < -0.4 is 5.73 Å². The molecule has 3 aliphatic rings.